The van der Waals surface area contributed by atoms with Crippen molar-refractivity contribution in [2.45, 2.75) is 70.3 Å². The quantitative estimate of drug-likeness (QED) is 0.624. The minimum Gasteiger partial charge on any atom is -0.385 e. The number of rotatable bonds is 4. The maximum absolute atomic E-state index is 13.7. The highest BCUT2D eigenvalue weighted by atomic mass is 35.5. The van der Waals surface area contributed by atoms with Crippen molar-refractivity contribution in [3.05, 3.63) is 46.3 Å². The van der Waals surface area contributed by atoms with Crippen LogP contribution in [0.1, 0.15) is 70.3 Å². The Morgan fingerprint density at radius 1 is 1.25 bits per heavy atom. The van der Waals surface area contributed by atoms with Crippen molar-refractivity contribution in [2.75, 3.05) is 0 Å². The van der Waals surface area contributed by atoms with Gasteiger partial charge in [0.2, 0.25) is 0 Å². The van der Waals surface area contributed by atoms with E-state index in [0.717, 1.165) is 12.3 Å². The van der Waals surface area contributed by atoms with E-state index >= 15 is 0 Å². The van der Waals surface area contributed by atoms with Crippen LogP contribution in [0.25, 0.3) is 0 Å². The minimum atomic E-state index is -0.950. The zero-order valence-corrected chi connectivity index (χ0v) is 15.3. The molecular weight excluding hydrogens is 323 g/mol. The second-order valence-electron chi connectivity index (χ2n) is 7.65. The molecule has 0 bridgehead atoms. The third-order valence-corrected chi connectivity index (χ3v) is 6.36. The average Bonchev–Trinajstić information content (AvgIpc) is 2.59. The number of allylic oxidation sites excluding steroid dienone is 1. The Labute approximate surface area is 149 Å². The van der Waals surface area contributed by atoms with E-state index < -0.39 is 11.4 Å². The molecule has 3 heteroatoms. The molecular formula is C21H28ClFO. The second kappa shape index (κ2) is 7.58. The van der Waals surface area contributed by atoms with E-state index in [9.17, 15) is 9.50 Å². The maximum Gasteiger partial charge on any atom is 0.142 e. The monoisotopic (exact) mass is 350 g/mol. The van der Waals surface area contributed by atoms with Crippen LogP contribution in [-0.4, -0.2) is 5.11 Å². The Hall–Kier alpha value is -0.860. The lowest BCUT2D eigenvalue weighted by molar-refractivity contribution is 0.0238. The third-order valence-electron chi connectivity index (χ3n) is 6.05. The van der Waals surface area contributed by atoms with Gasteiger partial charge < -0.3 is 5.11 Å². The summed E-state index contributed by atoms with van der Waals surface area (Å²) in [7, 11) is 0. The van der Waals surface area contributed by atoms with Crippen molar-refractivity contribution >= 4 is 11.6 Å². The molecule has 24 heavy (non-hydrogen) atoms. The maximum atomic E-state index is 13.7. The van der Waals surface area contributed by atoms with Gasteiger partial charge in [0.05, 0.1) is 10.6 Å². The summed E-state index contributed by atoms with van der Waals surface area (Å²) < 4.78 is 13.7. The van der Waals surface area contributed by atoms with Gasteiger partial charge in [-0.1, -0.05) is 49.1 Å². The number of halogens is 2. The van der Waals surface area contributed by atoms with E-state index in [1.165, 1.54) is 50.2 Å². The molecule has 1 aromatic rings. The molecule has 0 heterocycles. The van der Waals surface area contributed by atoms with Crippen LogP contribution in [0, 0.1) is 17.7 Å². The van der Waals surface area contributed by atoms with Gasteiger partial charge >= 0.3 is 0 Å². The summed E-state index contributed by atoms with van der Waals surface area (Å²) in [6.07, 6.45) is 12.4. The van der Waals surface area contributed by atoms with Crippen LogP contribution in [0.3, 0.4) is 0 Å². The molecule has 0 spiro atoms. The summed E-state index contributed by atoms with van der Waals surface area (Å²) in [5.41, 5.74) is 1.21. The molecule has 1 fully saturated rings. The predicted octanol–water partition coefficient (Wildman–Crippen LogP) is 6.38. The first-order valence-electron chi connectivity index (χ1n) is 9.38. The molecule has 1 nitrogen and oxygen atoms in total. The van der Waals surface area contributed by atoms with Gasteiger partial charge in [-0.05, 0) is 74.5 Å². The first kappa shape index (κ1) is 17.9. The summed E-state index contributed by atoms with van der Waals surface area (Å²) in [4.78, 5) is 0. The first-order chi connectivity index (χ1) is 11.5. The van der Waals surface area contributed by atoms with Gasteiger partial charge in [0.1, 0.15) is 5.82 Å². The summed E-state index contributed by atoms with van der Waals surface area (Å²) in [5, 5.41) is 11.0. The average molecular weight is 351 g/mol. The standard InChI is InChI=1S/C21H28ClFO/c1-2-3-15-4-6-16(7-5-15)17-10-12-21(24,13-11-17)18-8-9-19(22)20(23)14-18/h8-10,14-16,24H,2-7,11-13H2,1H3/t15-,16-,21?. The topological polar surface area (TPSA) is 20.2 Å². The van der Waals surface area contributed by atoms with Gasteiger partial charge in [-0.15, -0.1) is 0 Å². The van der Waals surface area contributed by atoms with Crippen LogP contribution in [0.5, 0.6) is 0 Å². The van der Waals surface area contributed by atoms with Gasteiger partial charge in [-0.25, -0.2) is 4.39 Å². The fourth-order valence-corrected chi connectivity index (χ4v) is 4.62. The molecule has 3 rings (SSSR count). The molecule has 0 aliphatic heterocycles. The summed E-state index contributed by atoms with van der Waals surface area (Å²) >= 11 is 5.76. The van der Waals surface area contributed by atoms with Gasteiger partial charge in [0.15, 0.2) is 0 Å². The predicted molar refractivity (Wildman–Crippen MR) is 97.6 cm³/mol. The van der Waals surface area contributed by atoms with E-state index in [4.69, 9.17) is 11.6 Å². The highest BCUT2D eigenvalue weighted by molar-refractivity contribution is 6.30. The van der Waals surface area contributed by atoms with Gasteiger partial charge in [-0.3, -0.25) is 0 Å². The number of aliphatic hydroxyl groups is 1. The Bertz CT molecular complexity index is 604. The van der Waals surface area contributed by atoms with E-state index in [0.29, 0.717) is 24.3 Å². The lowest BCUT2D eigenvalue weighted by Crippen LogP contribution is -2.29. The van der Waals surface area contributed by atoms with Gasteiger partial charge in [0.25, 0.3) is 0 Å². The van der Waals surface area contributed by atoms with Crippen LogP contribution in [0.15, 0.2) is 29.8 Å². The molecule has 1 aromatic carbocycles. The summed E-state index contributed by atoms with van der Waals surface area (Å²) in [6.45, 7) is 2.27. The molecule has 0 aromatic heterocycles. The Morgan fingerprint density at radius 3 is 2.58 bits per heavy atom. The zero-order chi connectivity index (χ0) is 17.2. The van der Waals surface area contributed by atoms with Gasteiger partial charge in [-0.2, -0.15) is 0 Å². The van der Waals surface area contributed by atoms with Crippen molar-refractivity contribution in [1.29, 1.82) is 0 Å². The fourth-order valence-electron chi connectivity index (χ4n) is 4.50. The Kier molecular flexibility index (Phi) is 5.66. The zero-order valence-electron chi connectivity index (χ0n) is 14.5. The largest absolute Gasteiger partial charge is 0.385 e. The molecule has 2 aliphatic carbocycles. The smallest absolute Gasteiger partial charge is 0.142 e. The van der Waals surface area contributed by atoms with E-state index in [1.807, 2.05) is 0 Å². The SMILES string of the molecule is CCC[C@H]1CC[C@H](C2=CCC(O)(c3ccc(Cl)c(F)c3)CC2)CC1. The van der Waals surface area contributed by atoms with Crippen LogP contribution in [-0.2, 0) is 5.60 Å². The Balaban J connectivity index is 1.64. The lowest BCUT2D eigenvalue weighted by Gasteiger charge is -2.36. The van der Waals surface area contributed by atoms with Crippen LogP contribution in [0.2, 0.25) is 5.02 Å². The first-order valence-corrected chi connectivity index (χ1v) is 9.76. The fraction of sp³-hybridized carbons (Fsp3) is 0.619. The lowest BCUT2D eigenvalue weighted by atomic mass is 9.72. The van der Waals surface area contributed by atoms with Crippen molar-refractivity contribution in [2.24, 2.45) is 11.8 Å². The highest BCUT2D eigenvalue weighted by Gasteiger charge is 2.34. The molecule has 132 valence electrons. The van der Waals surface area contributed by atoms with Crippen molar-refractivity contribution in [3.8, 4) is 0 Å². The van der Waals surface area contributed by atoms with Gasteiger partial charge in [0, 0.05) is 0 Å². The van der Waals surface area contributed by atoms with E-state index in [2.05, 4.69) is 13.0 Å². The number of hydrogen-bond donors (Lipinski definition) is 1. The van der Waals surface area contributed by atoms with E-state index in [-0.39, 0.29) is 5.02 Å². The molecule has 1 N–H and O–H groups in total. The minimum absolute atomic E-state index is 0.109. The third kappa shape index (κ3) is 3.86. The molecule has 1 unspecified atom stereocenters. The normalized spacial score (nSPS) is 30.9. The Morgan fingerprint density at radius 2 is 2.00 bits per heavy atom. The van der Waals surface area contributed by atoms with Crippen molar-refractivity contribution < 1.29 is 9.50 Å². The highest BCUT2D eigenvalue weighted by Crippen LogP contribution is 2.43. The molecule has 2 aliphatic rings. The number of benzene rings is 1. The van der Waals surface area contributed by atoms with Crippen molar-refractivity contribution in [3.63, 3.8) is 0 Å². The molecule has 0 amide bonds. The molecule has 0 saturated heterocycles. The molecule has 1 atom stereocenters. The van der Waals surface area contributed by atoms with Crippen LogP contribution < -0.4 is 0 Å². The van der Waals surface area contributed by atoms with Crippen LogP contribution in [0.4, 0.5) is 4.39 Å². The van der Waals surface area contributed by atoms with Crippen LogP contribution >= 0.6 is 11.6 Å². The van der Waals surface area contributed by atoms with E-state index in [1.54, 1.807) is 12.1 Å². The molecule has 1 saturated carbocycles. The molecule has 0 radical (unpaired) electrons. The summed E-state index contributed by atoms with van der Waals surface area (Å²) in [6, 6.07) is 4.68. The second-order valence-corrected chi connectivity index (χ2v) is 8.06. The summed E-state index contributed by atoms with van der Waals surface area (Å²) in [5.74, 6) is 1.17. The number of hydrogen-bond acceptors (Lipinski definition) is 1. The van der Waals surface area contributed by atoms with Crippen molar-refractivity contribution in [1.82, 2.24) is 0 Å².